The van der Waals surface area contributed by atoms with E-state index in [0.29, 0.717) is 31.1 Å². The van der Waals surface area contributed by atoms with Gasteiger partial charge in [-0.1, -0.05) is 30.3 Å². The summed E-state index contributed by atoms with van der Waals surface area (Å²) >= 11 is 0. The van der Waals surface area contributed by atoms with Gasteiger partial charge in [0.05, 0.1) is 11.5 Å². The van der Waals surface area contributed by atoms with E-state index in [4.69, 9.17) is 10.5 Å². The van der Waals surface area contributed by atoms with E-state index in [1.807, 2.05) is 18.2 Å². The maximum absolute atomic E-state index is 13.1. The van der Waals surface area contributed by atoms with E-state index < -0.39 is 10.0 Å². The summed E-state index contributed by atoms with van der Waals surface area (Å²) in [5, 5.41) is 0. The van der Waals surface area contributed by atoms with E-state index in [2.05, 4.69) is 12.1 Å². The van der Waals surface area contributed by atoms with Crippen LogP contribution in [0.1, 0.15) is 17.0 Å². The molecule has 2 N–H and O–H groups in total. The van der Waals surface area contributed by atoms with E-state index >= 15 is 0 Å². The molecule has 0 radical (unpaired) electrons. The number of hydrogen-bond acceptors (Lipinski definition) is 4. The summed E-state index contributed by atoms with van der Waals surface area (Å²) in [6.45, 7) is 2.03. The second-order valence-electron chi connectivity index (χ2n) is 6.70. The molecule has 1 fully saturated rings. The third-order valence-corrected chi connectivity index (χ3v) is 7.06. The van der Waals surface area contributed by atoms with Gasteiger partial charge in [0, 0.05) is 25.4 Å². The lowest BCUT2D eigenvalue weighted by Crippen LogP contribution is -2.30. The minimum Gasteiger partial charge on any atom is -0.493 e. The SMILES string of the molecule is Cl.NC[C@@H]1CN(S(=O)(=O)c2ccc3c(c2)CCO3)C[C@H]1c1ccccc1. The summed E-state index contributed by atoms with van der Waals surface area (Å²) in [5.41, 5.74) is 8.06. The fraction of sp³-hybridized carbons (Fsp3) is 0.368. The average Bonchev–Trinajstić information content (AvgIpc) is 3.28. The van der Waals surface area contributed by atoms with Crippen LogP contribution in [-0.4, -0.2) is 39.0 Å². The van der Waals surface area contributed by atoms with Gasteiger partial charge in [-0.25, -0.2) is 8.42 Å². The van der Waals surface area contributed by atoms with Gasteiger partial charge in [-0.05, 0) is 41.8 Å². The second-order valence-corrected chi connectivity index (χ2v) is 8.64. The molecular weight excluding hydrogens is 372 g/mol. The predicted molar refractivity (Wildman–Crippen MR) is 103 cm³/mol. The van der Waals surface area contributed by atoms with Crippen LogP contribution in [0.5, 0.6) is 5.75 Å². The molecule has 0 aromatic heterocycles. The van der Waals surface area contributed by atoms with Crippen LogP contribution in [0.2, 0.25) is 0 Å². The van der Waals surface area contributed by atoms with Crippen LogP contribution in [0.25, 0.3) is 0 Å². The highest BCUT2D eigenvalue weighted by atomic mass is 35.5. The Morgan fingerprint density at radius 1 is 1.12 bits per heavy atom. The van der Waals surface area contributed by atoms with Crippen molar-refractivity contribution < 1.29 is 13.2 Å². The molecule has 4 rings (SSSR count). The molecule has 2 heterocycles. The first kappa shape index (κ1) is 19.2. The molecule has 5 nitrogen and oxygen atoms in total. The van der Waals surface area contributed by atoms with Crippen molar-refractivity contribution in [3.8, 4) is 5.75 Å². The number of sulfonamides is 1. The first-order chi connectivity index (χ1) is 12.1. The molecule has 7 heteroatoms. The van der Waals surface area contributed by atoms with Crippen molar-refractivity contribution in [2.75, 3.05) is 26.2 Å². The third-order valence-electron chi connectivity index (χ3n) is 5.24. The number of ether oxygens (including phenoxy) is 1. The van der Waals surface area contributed by atoms with Crippen molar-refractivity contribution in [2.45, 2.75) is 17.2 Å². The van der Waals surface area contributed by atoms with Crippen molar-refractivity contribution in [1.29, 1.82) is 0 Å². The number of nitrogens with two attached hydrogens (primary N) is 1. The zero-order valence-corrected chi connectivity index (χ0v) is 16.0. The molecule has 0 saturated carbocycles. The van der Waals surface area contributed by atoms with Gasteiger partial charge in [0.15, 0.2) is 0 Å². The normalized spacial score (nSPS) is 22.5. The van der Waals surface area contributed by atoms with Gasteiger partial charge in [-0.2, -0.15) is 4.31 Å². The van der Waals surface area contributed by atoms with Gasteiger partial charge >= 0.3 is 0 Å². The largest absolute Gasteiger partial charge is 0.493 e. The summed E-state index contributed by atoms with van der Waals surface area (Å²) in [5.74, 6) is 1.07. The molecular formula is C19H23ClN2O3S. The van der Waals surface area contributed by atoms with Gasteiger partial charge in [0.25, 0.3) is 0 Å². The molecule has 0 spiro atoms. The third kappa shape index (κ3) is 3.34. The van der Waals surface area contributed by atoms with Gasteiger partial charge < -0.3 is 10.5 Å². The second kappa shape index (κ2) is 7.56. The van der Waals surface area contributed by atoms with Gasteiger partial charge in [0.1, 0.15) is 5.75 Å². The summed E-state index contributed by atoms with van der Waals surface area (Å²) in [7, 11) is -3.52. The van der Waals surface area contributed by atoms with Crippen LogP contribution in [0.4, 0.5) is 0 Å². The Kier molecular flexibility index (Phi) is 5.58. The highest BCUT2D eigenvalue weighted by Crippen LogP contribution is 2.36. The Morgan fingerprint density at radius 2 is 1.88 bits per heavy atom. The summed E-state index contributed by atoms with van der Waals surface area (Å²) in [6, 6.07) is 15.2. The standard InChI is InChI=1S/C19H22N2O3S.ClH/c20-11-16-12-21(13-18(16)14-4-2-1-3-5-14)25(22,23)17-6-7-19-15(10-17)8-9-24-19;/h1-7,10,16,18H,8-9,11-13,20H2;1H/t16-,18+;/m1./s1. The number of rotatable bonds is 4. The summed E-state index contributed by atoms with van der Waals surface area (Å²) < 4.78 is 33.3. The fourth-order valence-electron chi connectivity index (χ4n) is 3.82. The van der Waals surface area contributed by atoms with Crippen LogP contribution in [0.15, 0.2) is 53.4 Å². The first-order valence-corrected chi connectivity index (χ1v) is 10.0. The van der Waals surface area contributed by atoms with Crippen molar-refractivity contribution in [3.05, 3.63) is 59.7 Å². The number of hydrogen-bond donors (Lipinski definition) is 1. The zero-order valence-electron chi connectivity index (χ0n) is 14.4. The molecule has 0 bridgehead atoms. The molecule has 0 amide bonds. The van der Waals surface area contributed by atoms with E-state index in [1.165, 1.54) is 0 Å². The Hall–Kier alpha value is -1.60. The summed E-state index contributed by atoms with van der Waals surface area (Å²) in [6.07, 6.45) is 0.761. The van der Waals surface area contributed by atoms with Crippen LogP contribution in [0.3, 0.4) is 0 Å². The maximum Gasteiger partial charge on any atom is 0.243 e. The van der Waals surface area contributed by atoms with E-state index in [0.717, 1.165) is 23.3 Å². The minimum absolute atomic E-state index is 0. The van der Waals surface area contributed by atoms with Crippen LogP contribution in [-0.2, 0) is 16.4 Å². The maximum atomic E-state index is 13.1. The van der Waals surface area contributed by atoms with E-state index in [1.54, 1.807) is 22.5 Å². The van der Waals surface area contributed by atoms with Crippen molar-refractivity contribution in [1.82, 2.24) is 4.31 Å². The van der Waals surface area contributed by atoms with Crippen LogP contribution < -0.4 is 10.5 Å². The van der Waals surface area contributed by atoms with Gasteiger partial charge in [-0.15, -0.1) is 12.4 Å². The fourth-order valence-corrected chi connectivity index (χ4v) is 5.39. The minimum atomic E-state index is -3.52. The Balaban J connectivity index is 0.00000196. The number of nitrogens with zero attached hydrogens (tertiary/aromatic N) is 1. The lowest BCUT2D eigenvalue weighted by atomic mass is 9.89. The van der Waals surface area contributed by atoms with E-state index in [-0.39, 0.29) is 24.2 Å². The zero-order chi connectivity index (χ0) is 17.4. The van der Waals surface area contributed by atoms with Gasteiger partial charge in [-0.3, -0.25) is 0 Å². The lowest BCUT2D eigenvalue weighted by molar-refractivity contribution is 0.356. The number of fused-ring (bicyclic) bond motifs is 1. The monoisotopic (exact) mass is 394 g/mol. The molecule has 2 atom stereocenters. The van der Waals surface area contributed by atoms with E-state index in [9.17, 15) is 8.42 Å². The molecule has 2 aliphatic heterocycles. The number of benzene rings is 2. The topological polar surface area (TPSA) is 72.6 Å². The molecule has 2 aromatic carbocycles. The lowest BCUT2D eigenvalue weighted by Gasteiger charge is -2.17. The van der Waals surface area contributed by atoms with Crippen molar-refractivity contribution in [3.63, 3.8) is 0 Å². The highest BCUT2D eigenvalue weighted by molar-refractivity contribution is 7.89. The van der Waals surface area contributed by atoms with Crippen LogP contribution >= 0.6 is 12.4 Å². The molecule has 0 aliphatic carbocycles. The van der Waals surface area contributed by atoms with Crippen LogP contribution in [0, 0.1) is 5.92 Å². The Bertz CT molecular complexity index is 874. The smallest absolute Gasteiger partial charge is 0.243 e. The molecule has 2 aromatic rings. The number of halogens is 1. The Labute approximate surface area is 160 Å². The molecule has 2 aliphatic rings. The van der Waals surface area contributed by atoms with Gasteiger partial charge in [0.2, 0.25) is 10.0 Å². The average molecular weight is 395 g/mol. The highest BCUT2D eigenvalue weighted by Gasteiger charge is 2.39. The first-order valence-electron chi connectivity index (χ1n) is 8.60. The molecule has 0 unspecified atom stereocenters. The van der Waals surface area contributed by atoms with Crippen molar-refractivity contribution >= 4 is 22.4 Å². The quantitative estimate of drug-likeness (QED) is 0.864. The predicted octanol–water partition coefficient (Wildman–Crippen LogP) is 2.41. The van der Waals surface area contributed by atoms with Crippen molar-refractivity contribution in [2.24, 2.45) is 11.7 Å². The molecule has 1 saturated heterocycles. The Morgan fingerprint density at radius 3 is 2.62 bits per heavy atom. The summed E-state index contributed by atoms with van der Waals surface area (Å²) in [4.78, 5) is 0.348. The molecule has 140 valence electrons. The molecule has 26 heavy (non-hydrogen) atoms.